The van der Waals surface area contributed by atoms with Gasteiger partial charge in [-0.1, -0.05) is 48.0 Å². The fraction of sp³-hybridized carbons (Fsp3) is 0.348. The fourth-order valence-electron chi connectivity index (χ4n) is 3.84. The van der Waals surface area contributed by atoms with Crippen LogP contribution in [0.25, 0.3) is 0 Å². The zero-order valence-corrected chi connectivity index (χ0v) is 15.8. The number of likely N-dealkylation sites (tertiary alicyclic amines) is 1. The van der Waals surface area contributed by atoms with Gasteiger partial charge in [-0.15, -0.1) is 6.58 Å². The number of hydrogen-bond donors (Lipinski definition) is 1. The van der Waals surface area contributed by atoms with Crippen LogP contribution in [0.1, 0.15) is 29.0 Å². The smallest absolute Gasteiger partial charge is 0.224 e. The lowest BCUT2D eigenvalue weighted by molar-refractivity contribution is -0.126. The van der Waals surface area contributed by atoms with E-state index in [0.717, 1.165) is 18.5 Å². The topological polar surface area (TPSA) is 32.3 Å². The summed E-state index contributed by atoms with van der Waals surface area (Å²) in [6.45, 7) is 8.58. The highest BCUT2D eigenvalue weighted by Crippen LogP contribution is 2.31. The van der Waals surface area contributed by atoms with E-state index in [-0.39, 0.29) is 17.6 Å². The Labute approximate surface area is 160 Å². The van der Waals surface area contributed by atoms with Gasteiger partial charge in [0.1, 0.15) is 5.82 Å². The highest BCUT2D eigenvalue weighted by Gasteiger charge is 2.32. The van der Waals surface area contributed by atoms with Gasteiger partial charge in [-0.25, -0.2) is 4.39 Å². The Balaban J connectivity index is 1.78. The zero-order chi connectivity index (χ0) is 19.2. The Morgan fingerprint density at radius 3 is 2.74 bits per heavy atom. The molecule has 0 radical (unpaired) electrons. The third kappa shape index (κ3) is 5.27. The lowest BCUT2D eigenvalue weighted by atomic mass is 9.83. The van der Waals surface area contributed by atoms with Crippen molar-refractivity contribution < 1.29 is 9.18 Å². The van der Waals surface area contributed by atoms with Crippen molar-refractivity contribution in [3.8, 4) is 0 Å². The Hall–Kier alpha value is -2.46. The maximum absolute atomic E-state index is 13.2. The molecule has 1 aliphatic rings. The molecular formula is C23H27FN2O. The van der Waals surface area contributed by atoms with Gasteiger partial charge in [0, 0.05) is 26.2 Å². The molecule has 4 heteroatoms. The van der Waals surface area contributed by atoms with E-state index in [2.05, 4.69) is 48.0 Å². The summed E-state index contributed by atoms with van der Waals surface area (Å²) in [7, 11) is 0. The molecule has 0 aromatic heterocycles. The fourth-order valence-corrected chi connectivity index (χ4v) is 3.84. The van der Waals surface area contributed by atoms with Crippen LogP contribution >= 0.6 is 0 Å². The van der Waals surface area contributed by atoms with Crippen LogP contribution in [0.15, 0.2) is 61.2 Å². The van der Waals surface area contributed by atoms with Crippen LogP contribution in [0, 0.1) is 18.7 Å². The molecule has 1 aliphatic heterocycles. The predicted octanol–water partition coefficient (Wildman–Crippen LogP) is 4.04. The van der Waals surface area contributed by atoms with Crippen molar-refractivity contribution in [3.63, 3.8) is 0 Å². The van der Waals surface area contributed by atoms with E-state index in [9.17, 15) is 9.18 Å². The van der Waals surface area contributed by atoms with Crippen molar-refractivity contribution in [2.45, 2.75) is 25.8 Å². The van der Waals surface area contributed by atoms with Crippen molar-refractivity contribution >= 4 is 5.91 Å². The van der Waals surface area contributed by atoms with E-state index in [1.807, 2.05) is 12.1 Å². The molecule has 2 atom stereocenters. The van der Waals surface area contributed by atoms with Crippen LogP contribution in [0.5, 0.6) is 0 Å². The molecule has 2 aromatic carbocycles. The lowest BCUT2D eigenvalue weighted by Crippen LogP contribution is -2.45. The van der Waals surface area contributed by atoms with Gasteiger partial charge >= 0.3 is 0 Å². The number of nitrogens with one attached hydrogen (secondary N) is 1. The summed E-state index contributed by atoms with van der Waals surface area (Å²) in [6.07, 6.45) is 2.54. The molecule has 0 bridgehead atoms. The summed E-state index contributed by atoms with van der Waals surface area (Å²) >= 11 is 0. The summed E-state index contributed by atoms with van der Waals surface area (Å²) in [4.78, 5) is 14.9. The molecule has 1 heterocycles. The largest absolute Gasteiger partial charge is 0.352 e. The molecule has 1 fully saturated rings. The van der Waals surface area contributed by atoms with E-state index in [1.54, 1.807) is 6.08 Å². The summed E-state index contributed by atoms with van der Waals surface area (Å²) in [5, 5.41) is 2.94. The second-order valence-electron chi connectivity index (χ2n) is 7.40. The molecule has 0 spiro atoms. The maximum atomic E-state index is 13.2. The van der Waals surface area contributed by atoms with Gasteiger partial charge in [-0.2, -0.15) is 0 Å². The van der Waals surface area contributed by atoms with Gasteiger partial charge in [0.2, 0.25) is 5.91 Å². The Kier molecular flexibility index (Phi) is 6.40. The van der Waals surface area contributed by atoms with Gasteiger partial charge in [0.25, 0.3) is 0 Å². The number of rotatable bonds is 6. The van der Waals surface area contributed by atoms with Crippen LogP contribution < -0.4 is 5.32 Å². The SMILES string of the molecule is C=CCNC(=O)[C@H]1C[C@H](c2cccc(C)c2)CN(Cc2ccc(F)cc2)C1. The van der Waals surface area contributed by atoms with Crippen molar-refractivity contribution in [3.05, 3.63) is 83.7 Å². The van der Waals surface area contributed by atoms with Crippen LogP contribution in [0.2, 0.25) is 0 Å². The monoisotopic (exact) mass is 366 g/mol. The molecule has 1 saturated heterocycles. The number of carbonyl (C=O) groups excluding carboxylic acids is 1. The highest BCUT2D eigenvalue weighted by atomic mass is 19.1. The number of amides is 1. The van der Waals surface area contributed by atoms with Gasteiger partial charge < -0.3 is 5.32 Å². The van der Waals surface area contributed by atoms with E-state index in [1.165, 1.54) is 23.3 Å². The Morgan fingerprint density at radius 2 is 2.04 bits per heavy atom. The van der Waals surface area contributed by atoms with Crippen molar-refractivity contribution in [1.82, 2.24) is 10.2 Å². The summed E-state index contributed by atoms with van der Waals surface area (Å²) in [5.41, 5.74) is 3.57. The van der Waals surface area contributed by atoms with E-state index in [0.29, 0.717) is 25.6 Å². The molecule has 142 valence electrons. The summed E-state index contributed by atoms with van der Waals surface area (Å²) in [6, 6.07) is 15.2. The van der Waals surface area contributed by atoms with Crippen molar-refractivity contribution in [2.75, 3.05) is 19.6 Å². The maximum Gasteiger partial charge on any atom is 0.224 e. The first-order valence-corrected chi connectivity index (χ1v) is 9.47. The minimum atomic E-state index is -0.225. The summed E-state index contributed by atoms with van der Waals surface area (Å²) in [5.74, 6) is 0.0938. The third-order valence-electron chi connectivity index (χ3n) is 5.15. The zero-order valence-electron chi connectivity index (χ0n) is 15.8. The molecule has 27 heavy (non-hydrogen) atoms. The molecule has 0 unspecified atom stereocenters. The lowest BCUT2D eigenvalue weighted by Gasteiger charge is -2.37. The molecular weight excluding hydrogens is 339 g/mol. The van der Waals surface area contributed by atoms with E-state index in [4.69, 9.17) is 0 Å². The van der Waals surface area contributed by atoms with Crippen LogP contribution in [-0.2, 0) is 11.3 Å². The average molecular weight is 366 g/mol. The first-order valence-electron chi connectivity index (χ1n) is 9.47. The molecule has 3 nitrogen and oxygen atoms in total. The van der Waals surface area contributed by atoms with E-state index < -0.39 is 0 Å². The van der Waals surface area contributed by atoms with Crippen LogP contribution in [-0.4, -0.2) is 30.4 Å². The summed E-state index contributed by atoms with van der Waals surface area (Å²) < 4.78 is 13.2. The van der Waals surface area contributed by atoms with E-state index >= 15 is 0 Å². The van der Waals surface area contributed by atoms with Gasteiger partial charge in [-0.3, -0.25) is 9.69 Å². The Morgan fingerprint density at radius 1 is 1.26 bits per heavy atom. The number of aryl methyl sites for hydroxylation is 1. The second-order valence-corrected chi connectivity index (χ2v) is 7.40. The normalized spacial score (nSPS) is 20.2. The number of carbonyl (C=O) groups is 1. The third-order valence-corrected chi connectivity index (χ3v) is 5.15. The van der Waals surface area contributed by atoms with Gasteiger partial charge in [-0.05, 0) is 42.5 Å². The number of benzene rings is 2. The molecule has 0 saturated carbocycles. The number of hydrogen-bond acceptors (Lipinski definition) is 2. The second kappa shape index (κ2) is 8.96. The number of halogens is 1. The number of nitrogens with zero attached hydrogens (tertiary/aromatic N) is 1. The molecule has 2 aromatic rings. The predicted molar refractivity (Wildman–Crippen MR) is 107 cm³/mol. The first kappa shape index (κ1) is 19.3. The molecule has 0 aliphatic carbocycles. The molecule has 3 rings (SSSR count). The minimum absolute atomic E-state index is 0.0651. The van der Waals surface area contributed by atoms with Crippen LogP contribution in [0.3, 0.4) is 0 Å². The van der Waals surface area contributed by atoms with Crippen molar-refractivity contribution in [2.24, 2.45) is 5.92 Å². The van der Waals surface area contributed by atoms with Gasteiger partial charge in [0.15, 0.2) is 0 Å². The highest BCUT2D eigenvalue weighted by molar-refractivity contribution is 5.79. The van der Waals surface area contributed by atoms with Gasteiger partial charge in [0.05, 0.1) is 5.92 Å². The molecule has 1 amide bonds. The minimum Gasteiger partial charge on any atom is -0.352 e. The van der Waals surface area contributed by atoms with Crippen molar-refractivity contribution in [1.29, 1.82) is 0 Å². The first-order chi connectivity index (χ1) is 13.0. The quantitative estimate of drug-likeness (QED) is 0.783. The average Bonchev–Trinajstić information content (AvgIpc) is 2.67. The molecule has 1 N–H and O–H groups in total. The Bertz CT molecular complexity index is 787. The standard InChI is InChI=1S/C23H27FN2O/c1-3-11-25-23(27)21-13-20(19-6-4-5-17(2)12-19)15-26(16-21)14-18-7-9-22(24)10-8-18/h3-10,12,20-21H,1,11,13-16H2,2H3,(H,25,27)/t20-,21-/m0/s1. The van der Waals surface area contributed by atoms with Crippen LogP contribution in [0.4, 0.5) is 4.39 Å². The number of piperidine rings is 1.